The fourth-order valence-corrected chi connectivity index (χ4v) is 4.47. The molecule has 1 aromatic heterocycles. The molecular formula is C26H18N2O4S. The van der Waals surface area contributed by atoms with E-state index in [4.69, 9.17) is 4.74 Å². The number of aliphatic hydroxyl groups is 1. The smallest absolute Gasteiger partial charge is 0.301 e. The lowest BCUT2D eigenvalue weighted by Gasteiger charge is -2.23. The summed E-state index contributed by atoms with van der Waals surface area (Å²) >= 11 is 1.25. The summed E-state index contributed by atoms with van der Waals surface area (Å²) in [5, 5.41) is 13.2. The molecule has 5 rings (SSSR count). The number of hydrogen-bond acceptors (Lipinski definition) is 6. The number of rotatable bonds is 5. The Morgan fingerprint density at radius 1 is 0.909 bits per heavy atom. The molecule has 0 aliphatic carbocycles. The SMILES string of the molecule is O=C1C(=O)N(c2nccs2)C(c2cccc(Oc3ccccc3)c2)/C1=C(/O)c1ccccc1. The zero-order valence-electron chi connectivity index (χ0n) is 17.3. The molecule has 4 aromatic rings. The van der Waals surface area contributed by atoms with Gasteiger partial charge in [0.25, 0.3) is 5.78 Å². The Morgan fingerprint density at radius 2 is 1.61 bits per heavy atom. The molecule has 1 atom stereocenters. The summed E-state index contributed by atoms with van der Waals surface area (Å²) in [7, 11) is 0. The van der Waals surface area contributed by atoms with Gasteiger partial charge in [0, 0.05) is 17.1 Å². The number of carbonyl (C=O) groups is 2. The van der Waals surface area contributed by atoms with E-state index in [1.165, 1.54) is 16.2 Å². The maximum absolute atomic E-state index is 13.1. The quantitative estimate of drug-likeness (QED) is 0.243. The van der Waals surface area contributed by atoms with Crippen molar-refractivity contribution >= 4 is 33.9 Å². The Hall–Kier alpha value is -4.23. The number of aromatic nitrogens is 1. The first-order chi connectivity index (χ1) is 16.1. The van der Waals surface area contributed by atoms with E-state index in [1.54, 1.807) is 60.1 Å². The Balaban J connectivity index is 1.65. The first-order valence-electron chi connectivity index (χ1n) is 10.2. The number of amides is 1. The van der Waals surface area contributed by atoms with Gasteiger partial charge in [0.1, 0.15) is 17.3 Å². The highest BCUT2D eigenvalue weighted by molar-refractivity contribution is 7.14. The van der Waals surface area contributed by atoms with E-state index in [0.717, 1.165) is 0 Å². The second-order valence-electron chi connectivity index (χ2n) is 7.34. The topological polar surface area (TPSA) is 79.7 Å². The summed E-state index contributed by atoms with van der Waals surface area (Å²) < 4.78 is 5.96. The monoisotopic (exact) mass is 454 g/mol. The molecule has 1 amide bonds. The first-order valence-corrected chi connectivity index (χ1v) is 11.1. The van der Waals surface area contributed by atoms with Crippen LogP contribution >= 0.6 is 11.3 Å². The van der Waals surface area contributed by atoms with E-state index in [-0.39, 0.29) is 11.3 Å². The largest absolute Gasteiger partial charge is 0.507 e. The highest BCUT2D eigenvalue weighted by atomic mass is 32.1. The van der Waals surface area contributed by atoms with Crippen LogP contribution < -0.4 is 9.64 Å². The van der Waals surface area contributed by atoms with Gasteiger partial charge in [-0.25, -0.2) is 4.98 Å². The van der Waals surface area contributed by atoms with Crippen molar-refractivity contribution in [1.29, 1.82) is 0 Å². The molecule has 1 aliphatic rings. The average molecular weight is 455 g/mol. The Morgan fingerprint density at radius 3 is 2.30 bits per heavy atom. The lowest BCUT2D eigenvalue weighted by Crippen LogP contribution is -2.29. The summed E-state index contributed by atoms with van der Waals surface area (Å²) in [6, 6.07) is 24.3. The second kappa shape index (κ2) is 8.72. The van der Waals surface area contributed by atoms with Crippen LogP contribution in [0.4, 0.5) is 5.13 Å². The molecule has 1 saturated heterocycles. The van der Waals surface area contributed by atoms with Gasteiger partial charge in [-0.1, -0.05) is 60.7 Å². The van der Waals surface area contributed by atoms with Crippen LogP contribution in [0.3, 0.4) is 0 Å². The van der Waals surface area contributed by atoms with Crippen molar-refractivity contribution in [3.8, 4) is 11.5 Å². The minimum absolute atomic E-state index is 0.0123. The molecule has 0 radical (unpaired) electrons. The van der Waals surface area contributed by atoms with Gasteiger partial charge in [0.2, 0.25) is 0 Å². The van der Waals surface area contributed by atoms with Crippen molar-refractivity contribution in [2.24, 2.45) is 0 Å². The molecule has 0 saturated carbocycles. The van der Waals surface area contributed by atoms with Crippen molar-refractivity contribution in [2.75, 3.05) is 4.90 Å². The van der Waals surface area contributed by atoms with Gasteiger partial charge in [-0.15, -0.1) is 11.3 Å². The highest BCUT2D eigenvalue weighted by Crippen LogP contribution is 2.43. The summed E-state index contributed by atoms with van der Waals surface area (Å²) in [5.41, 5.74) is 1.09. The van der Waals surface area contributed by atoms with E-state index in [9.17, 15) is 14.7 Å². The van der Waals surface area contributed by atoms with Gasteiger partial charge in [0.05, 0.1) is 11.6 Å². The molecule has 6 nitrogen and oxygen atoms in total. The summed E-state index contributed by atoms with van der Waals surface area (Å²) in [4.78, 5) is 31.8. The number of thiazole rings is 1. The van der Waals surface area contributed by atoms with Crippen molar-refractivity contribution < 1.29 is 19.4 Å². The van der Waals surface area contributed by atoms with Crippen molar-refractivity contribution in [3.63, 3.8) is 0 Å². The minimum Gasteiger partial charge on any atom is -0.507 e. The first kappa shape index (κ1) is 20.7. The maximum atomic E-state index is 13.1. The zero-order valence-corrected chi connectivity index (χ0v) is 18.1. The van der Waals surface area contributed by atoms with Gasteiger partial charge >= 0.3 is 5.91 Å². The summed E-state index contributed by atoms with van der Waals surface area (Å²) in [6.45, 7) is 0. The fourth-order valence-electron chi connectivity index (χ4n) is 3.80. The number of hydrogen-bond donors (Lipinski definition) is 1. The second-order valence-corrected chi connectivity index (χ2v) is 8.21. The number of benzene rings is 3. The molecule has 7 heteroatoms. The molecular weight excluding hydrogens is 436 g/mol. The van der Waals surface area contributed by atoms with E-state index >= 15 is 0 Å². The van der Waals surface area contributed by atoms with Gasteiger partial charge in [-0.05, 0) is 29.8 Å². The zero-order chi connectivity index (χ0) is 22.8. The number of nitrogens with zero attached hydrogens (tertiary/aromatic N) is 2. The van der Waals surface area contributed by atoms with Crippen LogP contribution in [0.1, 0.15) is 17.2 Å². The van der Waals surface area contributed by atoms with Gasteiger partial charge in [-0.2, -0.15) is 0 Å². The lowest BCUT2D eigenvalue weighted by atomic mass is 9.95. The molecule has 1 fully saturated rings. The Bertz CT molecular complexity index is 1340. The van der Waals surface area contributed by atoms with Crippen LogP contribution in [-0.4, -0.2) is 21.8 Å². The molecule has 1 N–H and O–H groups in total. The normalized spacial score (nSPS) is 17.3. The number of para-hydroxylation sites is 1. The molecule has 0 bridgehead atoms. The Labute approximate surface area is 194 Å². The van der Waals surface area contributed by atoms with Crippen LogP contribution in [0.15, 0.2) is 102 Å². The third kappa shape index (κ3) is 3.90. The summed E-state index contributed by atoms with van der Waals surface area (Å²) in [5.74, 6) is -0.517. The van der Waals surface area contributed by atoms with Crippen molar-refractivity contribution in [2.45, 2.75) is 6.04 Å². The van der Waals surface area contributed by atoms with E-state index in [2.05, 4.69) is 4.98 Å². The Kier molecular flexibility index (Phi) is 5.46. The van der Waals surface area contributed by atoms with Gasteiger partial charge in [-0.3, -0.25) is 14.5 Å². The van der Waals surface area contributed by atoms with Gasteiger partial charge in [0.15, 0.2) is 5.13 Å². The standard InChI is InChI=1S/C26H18N2O4S/c29-23(17-8-3-1-4-9-17)21-22(28(25(31)24(21)30)26-27-14-15-33-26)18-10-7-13-20(16-18)32-19-11-5-2-6-12-19/h1-16,22,29H/b23-21-. The minimum atomic E-state index is -0.851. The number of carbonyl (C=O) groups excluding carboxylic acids is 2. The van der Waals surface area contributed by atoms with Gasteiger partial charge < -0.3 is 9.84 Å². The van der Waals surface area contributed by atoms with Crippen molar-refractivity contribution in [3.05, 3.63) is 113 Å². The summed E-state index contributed by atoms with van der Waals surface area (Å²) in [6.07, 6.45) is 1.57. The van der Waals surface area contributed by atoms with E-state index in [1.807, 2.05) is 36.4 Å². The molecule has 162 valence electrons. The predicted molar refractivity (Wildman–Crippen MR) is 126 cm³/mol. The van der Waals surface area contributed by atoms with Crippen LogP contribution in [0, 0.1) is 0 Å². The molecule has 1 unspecified atom stereocenters. The fraction of sp³-hybridized carbons (Fsp3) is 0.0385. The lowest BCUT2D eigenvalue weighted by molar-refractivity contribution is -0.132. The highest BCUT2D eigenvalue weighted by Gasteiger charge is 2.48. The molecule has 3 aromatic carbocycles. The number of ketones is 1. The maximum Gasteiger partial charge on any atom is 0.301 e. The van der Waals surface area contributed by atoms with Crippen LogP contribution in [0.25, 0.3) is 5.76 Å². The number of anilines is 1. The number of aliphatic hydroxyl groups excluding tert-OH is 1. The van der Waals surface area contributed by atoms with Crippen molar-refractivity contribution in [1.82, 2.24) is 4.98 Å². The van der Waals surface area contributed by atoms with Crippen LogP contribution in [0.2, 0.25) is 0 Å². The third-order valence-corrected chi connectivity index (χ3v) is 6.04. The van der Waals surface area contributed by atoms with Crippen LogP contribution in [0.5, 0.6) is 11.5 Å². The van der Waals surface area contributed by atoms with Crippen LogP contribution in [-0.2, 0) is 9.59 Å². The molecule has 2 heterocycles. The predicted octanol–water partition coefficient (Wildman–Crippen LogP) is 5.56. The number of Topliss-reactive ketones (excluding diaryl/α,β-unsaturated/α-hetero) is 1. The third-order valence-electron chi connectivity index (χ3n) is 5.27. The average Bonchev–Trinajstić information content (AvgIpc) is 3.47. The van der Waals surface area contributed by atoms with E-state index < -0.39 is 17.7 Å². The number of ether oxygens (including phenoxy) is 1. The molecule has 0 spiro atoms. The molecule has 1 aliphatic heterocycles. The molecule has 33 heavy (non-hydrogen) atoms. The van der Waals surface area contributed by atoms with E-state index in [0.29, 0.717) is 27.8 Å².